The van der Waals surface area contributed by atoms with E-state index in [1.165, 1.54) is 17.0 Å². The number of aromatic nitrogens is 1. The topological polar surface area (TPSA) is 52.2 Å². The van der Waals surface area contributed by atoms with Gasteiger partial charge in [-0.15, -0.1) is 24.0 Å². The lowest BCUT2D eigenvalue weighted by Crippen LogP contribution is -2.38. The molecular formula is C20H24FIN4. The van der Waals surface area contributed by atoms with Gasteiger partial charge in [0.25, 0.3) is 0 Å². The molecule has 138 valence electrons. The first kappa shape index (κ1) is 20.2. The summed E-state index contributed by atoms with van der Waals surface area (Å²) in [5, 5.41) is 7.76. The van der Waals surface area contributed by atoms with Crippen LogP contribution in [0.4, 0.5) is 4.39 Å². The summed E-state index contributed by atoms with van der Waals surface area (Å²) in [7, 11) is 0. The number of halogens is 2. The zero-order valence-corrected chi connectivity index (χ0v) is 17.1. The summed E-state index contributed by atoms with van der Waals surface area (Å²) in [6, 6.07) is 15.0. The number of hydrogen-bond donors (Lipinski definition) is 3. The second-order valence-corrected chi connectivity index (χ2v) is 5.82. The standard InChI is InChI=1S/C20H23FN4.HI/c1-2-22-20(25-14-16-7-3-5-9-18(16)21)23-12-11-15-13-24-19-10-6-4-8-17(15)19;/h3-10,13,24H,2,11-12,14H2,1H3,(H2,22,23,25);1H. The maximum Gasteiger partial charge on any atom is 0.191 e. The first-order valence-electron chi connectivity index (χ1n) is 8.58. The lowest BCUT2D eigenvalue weighted by atomic mass is 10.1. The van der Waals surface area contributed by atoms with Crippen LogP contribution in [-0.4, -0.2) is 24.0 Å². The number of nitrogens with zero attached hydrogens (tertiary/aromatic N) is 1. The van der Waals surface area contributed by atoms with E-state index < -0.39 is 0 Å². The molecule has 3 N–H and O–H groups in total. The summed E-state index contributed by atoms with van der Waals surface area (Å²) in [6.45, 7) is 3.84. The van der Waals surface area contributed by atoms with E-state index in [-0.39, 0.29) is 29.8 Å². The summed E-state index contributed by atoms with van der Waals surface area (Å²) in [6.07, 6.45) is 2.93. The van der Waals surface area contributed by atoms with Crippen LogP contribution in [-0.2, 0) is 13.0 Å². The van der Waals surface area contributed by atoms with Crippen LogP contribution in [0.5, 0.6) is 0 Å². The van der Waals surface area contributed by atoms with Gasteiger partial charge in [0.05, 0.1) is 6.54 Å². The Morgan fingerprint density at radius 3 is 2.62 bits per heavy atom. The van der Waals surface area contributed by atoms with Crippen molar-refractivity contribution >= 4 is 40.8 Å². The molecule has 0 aliphatic heterocycles. The fourth-order valence-electron chi connectivity index (χ4n) is 2.79. The molecule has 6 heteroatoms. The van der Waals surface area contributed by atoms with Gasteiger partial charge in [0.15, 0.2) is 5.96 Å². The van der Waals surface area contributed by atoms with E-state index >= 15 is 0 Å². The molecular weight excluding hydrogens is 442 g/mol. The maximum atomic E-state index is 13.7. The number of benzene rings is 2. The van der Waals surface area contributed by atoms with Crippen molar-refractivity contribution in [1.82, 2.24) is 15.6 Å². The molecule has 0 aliphatic carbocycles. The fourth-order valence-corrected chi connectivity index (χ4v) is 2.79. The highest BCUT2D eigenvalue weighted by molar-refractivity contribution is 14.0. The van der Waals surface area contributed by atoms with Crippen LogP contribution in [0.25, 0.3) is 10.9 Å². The van der Waals surface area contributed by atoms with E-state index in [9.17, 15) is 4.39 Å². The number of fused-ring (bicyclic) bond motifs is 1. The molecule has 0 amide bonds. The van der Waals surface area contributed by atoms with Gasteiger partial charge in [0.2, 0.25) is 0 Å². The highest BCUT2D eigenvalue weighted by atomic mass is 127. The van der Waals surface area contributed by atoms with Gasteiger partial charge in [-0.1, -0.05) is 36.4 Å². The molecule has 3 rings (SSSR count). The predicted molar refractivity (Wildman–Crippen MR) is 117 cm³/mol. The summed E-state index contributed by atoms with van der Waals surface area (Å²) < 4.78 is 13.7. The molecule has 0 aliphatic rings. The number of aromatic amines is 1. The monoisotopic (exact) mass is 466 g/mol. The summed E-state index contributed by atoms with van der Waals surface area (Å²) >= 11 is 0. The molecule has 0 saturated carbocycles. The zero-order chi connectivity index (χ0) is 17.5. The molecule has 1 aromatic heterocycles. The number of aliphatic imine (C=N–C) groups is 1. The molecule has 0 atom stereocenters. The van der Waals surface area contributed by atoms with Crippen molar-refractivity contribution in [3.63, 3.8) is 0 Å². The maximum absolute atomic E-state index is 13.7. The van der Waals surface area contributed by atoms with E-state index in [0.717, 1.165) is 25.0 Å². The SMILES string of the molecule is CCNC(=NCc1ccccc1F)NCCc1c[nH]c2ccccc12.I. The third-order valence-electron chi connectivity index (χ3n) is 4.07. The van der Waals surface area contributed by atoms with Gasteiger partial charge in [-0.05, 0) is 31.0 Å². The van der Waals surface area contributed by atoms with Gasteiger partial charge in [0, 0.05) is 35.8 Å². The Morgan fingerprint density at radius 2 is 1.81 bits per heavy atom. The Labute approximate surface area is 170 Å². The van der Waals surface area contributed by atoms with Crippen LogP contribution in [0.3, 0.4) is 0 Å². The average Bonchev–Trinajstić information content (AvgIpc) is 3.04. The van der Waals surface area contributed by atoms with Gasteiger partial charge in [-0.2, -0.15) is 0 Å². The van der Waals surface area contributed by atoms with Crippen molar-refractivity contribution in [2.24, 2.45) is 4.99 Å². The van der Waals surface area contributed by atoms with E-state index in [2.05, 4.69) is 38.9 Å². The zero-order valence-electron chi connectivity index (χ0n) is 14.8. The molecule has 0 radical (unpaired) electrons. The van der Waals surface area contributed by atoms with Crippen molar-refractivity contribution in [2.75, 3.05) is 13.1 Å². The Morgan fingerprint density at radius 1 is 1.04 bits per heavy atom. The third kappa shape index (κ3) is 5.20. The van der Waals surface area contributed by atoms with Crippen molar-refractivity contribution < 1.29 is 4.39 Å². The van der Waals surface area contributed by atoms with Crippen molar-refractivity contribution in [2.45, 2.75) is 19.9 Å². The Balaban J connectivity index is 0.00000243. The molecule has 0 spiro atoms. The minimum atomic E-state index is -0.221. The van der Waals surface area contributed by atoms with Gasteiger partial charge in [-0.3, -0.25) is 0 Å². The van der Waals surface area contributed by atoms with Crippen molar-refractivity contribution in [3.8, 4) is 0 Å². The number of para-hydroxylation sites is 1. The van der Waals surface area contributed by atoms with Crippen LogP contribution >= 0.6 is 24.0 Å². The number of rotatable bonds is 6. The van der Waals surface area contributed by atoms with Gasteiger partial charge in [-0.25, -0.2) is 9.38 Å². The molecule has 0 bridgehead atoms. The van der Waals surface area contributed by atoms with E-state index in [1.54, 1.807) is 12.1 Å². The van der Waals surface area contributed by atoms with Crippen molar-refractivity contribution in [3.05, 3.63) is 71.7 Å². The Hall–Kier alpha value is -2.09. The number of nitrogens with one attached hydrogen (secondary N) is 3. The lowest BCUT2D eigenvalue weighted by molar-refractivity contribution is 0.610. The molecule has 0 fully saturated rings. The molecule has 2 aromatic carbocycles. The normalized spacial score (nSPS) is 11.2. The second-order valence-electron chi connectivity index (χ2n) is 5.82. The smallest absolute Gasteiger partial charge is 0.191 e. The molecule has 0 unspecified atom stereocenters. The third-order valence-corrected chi connectivity index (χ3v) is 4.07. The predicted octanol–water partition coefficient (Wildman–Crippen LogP) is 4.22. The number of hydrogen-bond acceptors (Lipinski definition) is 1. The Bertz CT molecular complexity index is 860. The van der Waals surface area contributed by atoms with E-state index in [4.69, 9.17) is 0 Å². The van der Waals surface area contributed by atoms with Crippen LogP contribution in [0, 0.1) is 5.82 Å². The average molecular weight is 466 g/mol. The van der Waals surface area contributed by atoms with Gasteiger partial charge >= 0.3 is 0 Å². The minimum Gasteiger partial charge on any atom is -0.361 e. The Kier molecular flexibility index (Phi) is 7.90. The molecule has 26 heavy (non-hydrogen) atoms. The van der Waals surface area contributed by atoms with E-state index in [0.29, 0.717) is 18.1 Å². The summed E-state index contributed by atoms with van der Waals surface area (Å²) in [5.41, 5.74) is 3.02. The molecule has 3 aromatic rings. The molecule has 1 heterocycles. The molecule has 4 nitrogen and oxygen atoms in total. The van der Waals surface area contributed by atoms with Crippen LogP contribution in [0.1, 0.15) is 18.1 Å². The second kappa shape index (κ2) is 10.2. The first-order valence-corrected chi connectivity index (χ1v) is 8.58. The quantitative estimate of drug-likeness (QED) is 0.290. The number of guanidine groups is 1. The first-order chi connectivity index (χ1) is 12.3. The van der Waals surface area contributed by atoms with Gasteiger partial charge < -0.3 is 15.6 Å². The summed E-state index contributed by atoms with van der Waals surface area (Å²) in [4.78, 5) is 7.76. The molecule has 0 saturated heterocycles. The van der Waals surface area contributed by atoms with Gasteiger partial charge in [0.1, 0.15) is 5.82 Å². The van der Waals surface area contributed by atoms with Crippen LogP contribution in [0.15, 0.2) is 59.7 Å². The lowest BCUT2D eigenvalue weighted by Gasteiger charge is -2.11. The van der Waals surface area contributed by atoms with Crippen LogP contribution < -0.4 is 10.6 Å². The highest BCUT2D eigenvalue weighted by Crippen LogP contribution is 2.17. The summed E-state index contributed by atoms with van der Waals surface area (Å²) in [5.74, 6) is 0.478. The minimum absolute atomic E-state index is 0. The van der Waals surface area contributed by atoms with Crippen LogP contribution in [0.2, 0.25) is 0 Å². The fraction of sp³-hybridized carbons (Fsp3) is 0.250. The van der Waals surface area contributed by atoms with E-state index in [1.807, 2.05) is 25.1 Å². The highest BCUT2D eigenvalue weighted by Gasteiger charge is 2.04. The number of H-pyrrole nitrogens is 1. The van der Waals surface area contributed by atoms with Crippen molar-refractivity contribution in [1.29, 1.82) is 0 Å². The largest absolute Gasteiger partial charge is 0.361 e.